The van der Waals surface area contributed by atoms with Crippen LogP contribution in [-0.2, 0) is 4.79 Å². The van der Waals surface area contributed by atoms with E-state index < -0.39 is 0 Å². The second-order valence-electron chi connectivity index (χ2n) is 4.83. The number of nitrogens with one attached hydrogen (secondary N) is 1. The zero-order valence-electron chi connectivity index (χ0n) is 12.6. The number of benzene rings is 2. The topological polar surface area (TPSA) is 38.3 Å². The third kappa shape index (κ3) is 6.09. The number of halogens is 2. The number of carbonyl (C=O) groups is 1. The smallest absolute Gasteiger partial charge is 0.257 e. The van der Waals surface area contributed by atoms with Gasteiger partial charge in [0.2, 0.25) is 0 Å². The van der Waals surface area contributed by atoms with E-state index in [4.69, 9.17) is 16.3 Å². The SMILES string of the molecule is Cc1cc(Br)cc(Cl)c1OCC(=O)NCCSc1ccccc1. The zero-order chi connectivity index (χ0) is 16.7. The minimum absolute atomic E-state index is 0.0435. The fourth-order valence-corrected chi connectivity index (χ4v) is 3.75. The Bertz CT molecular complexity index is 644. The summed E-state index contributed by atoms with van der Waals surface area (Å²) >= 11 is 11.2. The average molecular weight is 415 g/mol. The molecule has 2 aromatic rings. The lowest BCUT2D eigenvalue weighted by Crippen LogP contribution is -2.30. The maximum atomic E-state index is 11.8. The molecule has 122 valence electrons. The monoisotopic (exact) mass is 413 g/mol. The molecule has 0 spiro atoms. The van der Waals surface area contributed by atoms with E-state index in [1.807, 2.05) is 43.3 Å². The Morgan fingerprint density at radius 3 is 2.74 bits per heavy atom. The molecule has 0 aliphatic carbocycles. The van der Waals surface area contributed by atoms with Crippen molar-refractivity contribution >= 4 is 45.2 Å². The van der Waals surface area contributed by atoms with Gasteiger partial charge in [0.05, 0.1) is 5.02 Å². The van der Waals surface area contributed by atoms with Crippen LogP contribution in [0.25, 0.3) is 0 Å². The van der Waals surface area contributed by atoms with Gasteiger partial charge in [-0.25, -0.2) is 0 Å². The minimum Gasteiger partial charge on any atom is -0.482 e. The fraction of sp³-hybridized carbons (Fsp3) is 0.235. The highest BCUT2D eigenvalue weighted by atomic mass is 79.9. The third-order valence-corrected chi connectivity index (χ3v) is 4.73. The summed E-state index contributed by atoms with van der Waals surface area (Å²) < 4.78 is 6.41. The van der Waals surface area contributed by atoms with Crippen LogP contribution in [0.1, 0.15) is 5.56 Å². The summed E-state index contributed by atoms with van der Waals surface area (Å²) in [6.45, 7) is 2.44. The molecule has 0 saturated heterocycles. The third-order valence-electron chi connectivity index (χ3n) is 2.98. The van der Waals surface area contributed by atoms with Crippen molar-refractivity contribution < 1.29 is 9.53 Å². The Balaban J connectivity index is 1.71. The molecule has 0 bridgehead atoms. The number of rotatable bonds is 7. The number of carbonyl (C=O) groups excluding carboxylic acids is 1. The molecule has 6 heteroatoms. The lowest BCUT2D eigenvalue weighted by Gasteiger charge is -2.11. The first-order valence-corrected chi connectivity index (χ1v) is 9.25. The average Bonchev–Trinajstić information content (AvgIpc) is 2.51. The van der Waals surface area contributed by atoms with Crippen molar-refractivity contribution in [2.75, 3.05) is 18.9 Å². The Hall–Kier alpha value is -1.17. The molecule has 23 heavy (non-hydrogen) atoms. The number of amides is 1. The number of ether oxygens (including phenoxy) is 1. The van der Waals surface area contributed by atoms with Gasteiger partial charge < -0.3 is 10.1 Å². The molecule has 0 aromatic heterocycles. The van der Waals surface area contributed by atoms with Gasteiger partial charge in [-0.3, -0.25) is 4.79 Å². The first-order valence-electron chi connectivity index (χ1n) is 7.09. The van der Waals surface area contributed by atoms with Gasteiger partial charge >= 0.3 is 0 Å². The van der Waals surface area contributed by atoms with Crippen molar-refractivity contribution in [1.29, 1.82) is 0 Å². The Labute approximate surface area is 153 Å². The van der Waals surface area contributed by atoms with Gasteiger partial charge in [-0.15, -0.1) is 11.8 Å². The molecule has 0 fully saturated rings. The van der Waals surface area contributed by atoms with Crippen LogP contribution >= 0.6 is 39.3 Å². The maximum absolute atomic E-state index is 11.8. The zero-order valence-corrected chi connectivity index (χ0v) is 15.8. The summed E-state index contributed by atoms with van der Waals surface area (Å²) in [6, 6.07) is 13.7. The van der Waals surface area contributed by atoms with Crippen LogP contribution < -0.4 is 10.1 Å². The van der Waals surface area contributed by atoms with E-state index >= 15 is 0 Å². The predicted octanol–water partition coefficient (Wildman–Crippen LogP) is 4.70. The minimum atomic E-state index is -0.156. The molecule has 0 aliphatic rings. The lowest BCUT2D eigenvalue weighted by molar-refractivity contribution is -0.122. The second-order valence-corrected chi connectivity index (χ2v) is 7.32. The molecule has 0 radical (unpaired) electrons. The molecule has 0 saturated carbocycles. The predicted molar refractivity (Wildman–Crippen MR) is 99.6 cm³/mol. The molecule has 0 heterocycles. The molecule has 3 nitrogen and oxygen atoms in total. The van der Waals surface area contributed by atoms with E-state index in [9.17, 15) is 4.79 Å². The van der Waals surface area contributed by atoms with Gasteiger partial charge in [-0.05, 0) is 36.8 Å². The van der Waals surface area contributed by atoms with E-state index in [2.05, 4.69) is 21.2 Å². The fourth-order valence-electron chi connectivity index (χ4n) is 1.94. The van der Waals surface area contributed by atoms with Gasteiger partial charge in [-0.1, -0.05) is 45.7 Å². The largest absolute Gasteiger partial charge is 0.482 e. The van der Waals surface area contributed by atoms with Crippen molar-refractivity contribution in [1.82, 2.24) is 5.32 Å². The van der Waals surface area contributed by atoms with E-state index in [-0.39, 0.29) is 12.5 Å². The van der Waals surface area contributed by atoms with E-state index in [1.165, 1.54) is 4.90 Å². The second kappa shape index (κ2) is 9.21. The van der Waals surface area contributed by atoms with Gasteiger partial charge in [0.25, 0.3) is 5.91 Å². The van der Waals surface area contributed by atoms with Crippen LogP contribution in [0.15, 0.2) is 51.8 Å². The summed E-state index contributed by atoms with van der Waals surface area (Å²) in [6.07, 6.45) is 0. The molecule has 2 aromatic carbocycles. The molecule has 0 aliphatic heterocycles. The van der Waals surface area contributed by atoms with Gasteiger partial charge in [-0.2, -0.15) is 0 Å². The quantitative estimate of drug-likeness (QED) is 0.527. The van der Waals surface area contributed by atoms with E-state index in [0.29, 0.717) is 17.3 Å². The normalized spacial score (nSPS) is 10.4. The Kier molecular flexibility index (Phi) is 7.27. The summed E-state index contributed by atoms with van der Waals surface area (Å²) in [4.78, 5) is 13.0. The van der Waals surface area contributed by atoms with Crippen LogP contribution in [0, 0.1) is 6.92 Å². The lowest BCUT2D eigenvalue weighted by atomic mass is 10.2. The van der Waals surface area contributed by atoms with Crippen LogP contribution in [0.2, 0.25) is 5.02 Å². The first kappa shape index (κ1) is 18.2. The molecule has 0 unspecified atom stereocenters. The van der Waals surface area contributed by atoms with Crippen molar-refractivity contribution in [3.05, 3.63) is 57.5 Å². The van der Waals surface area contributed by atoms with Crippen molar-refractivity contribution in [3.8, 4) is 5.75 Å². The first-order chi connectivity index (χ1) is 11.1. The highest BCUT2D eigenvalue weighted by Crippen LogP contribution is 2.31. The number of hydrogen-bond donors (Lipinski definition) is 1. The van der Waals surface area contributed by atoms with E-state index in [1.54, 1.807) is 17.8 Å². The summed E-state index contributed by atoms with van der Waals surface area (Å²) in [5.41, 5.74) is 0.886. The number of aryl methyl sites for hydroxylation is 1. The highest BCUT2D eigenvalue weighted by Gasteiger charge is 2.09. The molecular weight excluding hydrogens is 398 g/mol. The van der Waals surface area contributed by atoms with Gasteiger partial charge in [0.15, 0.2) is 6.61 Å². The van der Waals surface area contributed by atoms with E-state index in [0.717, 1.165) is 15.8 Å². The van der Waals surface area contributed by atoms with Crippen LogP contribution in [0.3, 0.4) is 0 Å². The molecular formula is C17H17BrClNO2S. The van der Waals surface area contributed by atoms with Gasteiger partial charge in [0, 0.05) is 21.7 Å². The van der Waals surface area contributed by atoms with Gasteiger partial charge in [0.1, 0.15) is 5.75 Å². The van der Waals surface area contributed by atoms with Crippen molar-refractivity contribution in [2.45, 2.75) is 11.8 Å². The molecule has 0 atom stereocenters. The Morgan fingerprint density at radius 1 is 1.30 bits per heavy atom. The van der Waals surface area contributed by atoms with Crippen LogP contribution in [0.4, 0.5) is 0 Å². The van der Waals surface area contributed by atoms with Crippen molar-refractivity contribution in [2.24, 2.45) is 0 Å². The molecule has 1 N–H and O–H groups in total. The summed E-state index contributed by atoms with van der Waals surface area (Å²) in [5.74, 6) is 1.20. The highest BCUT2D eigenvalue weighted by molar-refractivity contribution is 9.10. The number of hydrogen-bond acceptors (Lipinski definition) is 3. The summed E-state index contributed by atoms with van der Waals surface area (Å²) in [5, 5.41) is 3.33. The maximum Gasteiger partial charge on any atom is 0.257 e. The standard InChI is InChI=1S/C17H17BrClNO2S/c1-12-9-13(18)10-15(19)17(12)22-11-16(21)20-7-8-23-14-5-3-2-4-6-14/h2-6,9-10H,7-8,11H2,1H3,(H,20,21). The number of thioether (sulfide) groups is 1. The van der Waals surface area contributed by atoms with Crippen molar-refractivity contribution in [3.63, 3.8) is 0 Å². The Morgan fingerprint density at radius 2 is 2.04 bits per heavy atom. The van der Waals surface area contributed by atoms with Crippen LogP contribution in [0.5, 0.6) is 5.75 Å². The molecule has 2 rings (SSSR count). The van der Waals surface area contributed by atoms with Crippen LogP contribution in [-0.4, -0.2) is 24.8 Å². The molecule has 1 amide bonds. The summed E-state index contributed by atoms with van der Waals surface area (Å²) in [7, 11) is 0.